The molecule has 0 bridgehead atoms. The van der Waals surface area contributed by atoms with Crippen LogP contribution in [0.4, 0.5) is 5.69 Å². The van der Waals surface area contributed by atoms with Crippen molar-refractivity contribution in [1.29, 1.82) is 0 Å². The van der Waals surface area contributed by atoms with Crippen LogP contribution in [0.2, 0.25) is 0 Å². The highest BCUT2D eigenvalue weighted by atomic mass is 16.3. The van der Waals surface area contributed by atoms with Crippen molar-refractivity contribution in [2.45, 2.75) is 25.4 Å². The van der Waals surface area contributed by atoms with Gasteiger partial charge >= 0.3 is 0 Å². The van der Waals surface area contributed by atoms with Crippen molar-refractivity contribution in [1.82, 2.24) is 4.90 Å². The van der Waals surface area contributed by atoms with Gasteiger partial charge < -0.3 is 14.2 Å². The molecule has 0 N–H and O–H groups in total. The Labute approximate surface area is 196 Å². The van der Waals surface area contributed by atoms with E-state index in [2.05, 4.69) is 0 Å². The molecule has 6 rings (SSSR count). The van der Waals surface area contributed by atoms with E-state index >= 15 is 0 Å². The zero-order chi connectivity index (χ0) is 23.6. The Hall–Kier alpha value is -4.19. The van der Waals surface area contributed by atoms with E-state index < -0.39 is 17.5 Å². The number of nitrogens with zero attached hydrogens (tertiary/aromatic N) is 2. The van der Waals surface area contributed by atoms with Crippen molar-refractivity contribution >= 4 is 28.5 Å². The Kier molecular flexibility index (Phi) is 4.30. The number of hydrogen-bond donors (Lipinski definition) is 0. The van der Waals surface area contributed by atoms with E-state index in [1.165, 1.54) is 0 Å². The largest absolute Gasteiger partial charge is 0.450 e. The second-order valence-corrected chi connectivity index (χ2v) is 8.67. The summed E-state index contributed by atoms with van der Waals surface area (Å²) < 4.78 is 6.07. The van der Waals surface area contributed by atoms with E-state index in [0.717, 1.165) is 5.56 Å². The average molecular weight is 450 g/mol. The molecule has 0 radical (unpaired) electrons. The monoisotopic (exact) mass is 450 g/mol. The fraction of sp³-hybridized carbons (Fsp3) is 0.179. The Balaban J connectivity index is 1.75. The van der Waals surface area contributed by atoms with Crippen molar-refractivity contribution in [2.75, 3.05) is 11.4 Å². The van der Waals surface area contributed by atoms with Gasteiger partial charge in [-0.25, -0.2) is 0 Å². The molecule has 1 aromatic heterocycles. The number of para-hydroxylation sites is 2. The summed E-state index contributed by atoms with van der Waals surface area (Å²) in [5.41, 5.74) is 0.670. The maximum absolute atomic E-state index is 14.3. The van der Waals surface area contributed by atoms with Crippen molar-refractivity contribution in [3.63, 3.8) is 0 Å². The van der Waals surface area contributed by atoms with Crippen LogP contribution in [-0.2, 0) is 10.3 Å². The Morgan fingerprint density at radius 3 is 2.32 bits per heavy atom. The number of rotatable bonds is 3. The first kappa shape index (κ1) is 20.4. The SMILES string of the molecule is CCN1C(=O)C2(c3ccccc31)c1c(oc3ccccc3c1=O)C(=O)N2C(C)c1ccccc1. The van der Waals surface area contributed by atoms with Crippen LogP contribution in [0.25, 0.3) is 11.0 Å². The minimum Gasteiger partial charge on any atom is -0.450 e. The lowest BCUT2D eigenvalue weighted by Crippen LogP contribution is -2.54. The number of benzene rings is 3. The maximum atomic E-state index is 14.3. The zero-order valence-corrected chi connectivity index (χ0v) is 18.8. The zero-order valence-electron chi connectivity index (χ0n) is 18.8. The highest BCUT2D eigenvalue weighted by Gasteiger charge is 2.65. The summed E-state index contributed by atoms with van der Waals surface area (Å²) in [7, 11) is 0. The van der Waals surface area contributed by atoms with Gasteiger partial charge in [0, 0.05) is 12.1 Å². The van der Waals surface area contributed by atoms with Gasteiger partial charge in [0.2, 0.25) is 5.76 Å². The van der Waals surface area contributed by atoms with E-state index in [-0.39, 0.29) is 22.7 Å². The summed E-state index contributed by atoms with van der Waals surface area (Å²) in [4.78, 5) is 45.5. The van der Waals surface area contributed by atoms with Crippen LogP contribution in [0, 0.1) is 0 Å². The molecule has 6 nitrogen and oxygen atoms in total. The highest BCUT2D eigenvalue weighted by Crippen LogP contribution is 2.54. The number of likely N-dealkylation sites (N-methyl/N-ethyl adjacent to an activating group) is 1. The summed E-state index contributed by atoms with van der Waals surface area (Å²) in [5.74, 6) is -0.837. The standard InChI is InChI=1S/C28H22N2O4/c1-3-29-21-15-9-8-14-20(21)28(27(29)33)23-24(31)19-13-7-10-16-22(19)34-25(23)26(32)30(28)17(2)18-11-5-4-6-12-18/h4-17H,3H2,1-2H3. The van der Waals surface area contributed by atoms with Gasteiger partial charge in [-0.3, -0.25) is 14.4 Å². The molecule has 2 unspecified atom stereocenters. The van der Waals surface area contributed by atoms with Crippen molar-refractivity contribution in [3.05, 3.63) is 112 Å². The predicted octanol–water partition coefficient (Wildman–Crippen LogP) is 4.62. The van der Waals surface area contributed by atoms with Crippen LogP contribution in [0.15, 0.2) is 88.1 Å². The number of carbonyl (C=O) groups is 2. The lowest BCUT2D eigenvalue weighted by molar-refractivity contribution is -0.127. The molecule has 2 aliphatic heterocycles. The maximum Gasteiger partial charge on any atom is 0.292 e. The van der Waals surface area contributed by atoms with Crippen LogP contribution >= 0.6 is 0 Å². The molecule has 2 atom stereocenters. The second kappa shape index (κ2) is 7.15. The first-order chi connectivity index (χ1) is 16.5. The first-order valence-electron chi connectivity index (χ1n) is 11.4. The summed E-state index contributed by atoms with van der Waals surface area (Å²) in [6.07, 6.45) is 0. The van der Waals surface area contributed by atoms with Crippen molar-refractivity contribution < 1.29 is 14.0 Å². The fourth-order valence-corrected chi connectivity index (χ4v) is 5.57. The van der Waals surface area contributed by atoms with E-state index in [0.29, 0.717) is 28.8 Å². The fourth-order valence-electron chi connectivity index (χ4n) is 5.57. The molecule has 3 aromatic carbocycles. The van der Waals surface area contributed by atoms with Crippen LogP contribution < -0.4 is 10.3 Å². The molecule has 168 valence electrons. The Morgan fingerprint density at radius 1 is 0.882 bits per heavy atom. The Morgan fingerprint density at radius 2 is 1.56 bits per heavy atom. The van der Waals surface area contributed by atoms with E-state index in [4.69, 9.17) is 4.42 Å². The molecule has 34 heavy (non-hydrogen) atoms. The third kappa shape index (κ3) is 2.37. The molecule has 2 aliphatic rings. The minimum absolute atomic E-state index is 0.0624. The molecular formula is C28H22N2O4. The van der Waals surface area contributed by atoms with E-state index in [1.54, 1.807) is 34.1 Å². The summed E-state index contributed by atoms with van der Waals surface area (Å²) >= 11 is 0. The van der Waals surface area contributed by atoms with Gasteiger partial charge in [0.15, 0.2) is 11.0 Å². The van der Waals surface area contributed by atoms with Crippen LogP contribution in [-0.4, -0.2) is 23.3 Å². The quantitative estimate of drug-likeness (QED) is 0.457. The second-order valence-electron chi connectivity index (χ2n) is 8.67. The molecule has 2 amide bonds. The summed E-state index contributed by atoms with van der Waals surface area (Å²) in [6, 6.07) is 23.3. The smallest absolute Gasteiger partial charge is 0.292 e. The molecule has 1 spiro atoms. The molecule has 6 heteroatoms. The molecule has 0 fully saturated rings. The average Bonchev–Trinajstić information content (AvgIpc) is 3.28. The molecule has 0 saturated carbocycles. The van der Waals surface area contributed by atoms with Gasteiger partial charge in [-0.05, 0) is 37.6 Å². The minimum atomic E-state index is -1.60. The Bertz CT molecular complexity index is 1540. The molecular weight excluding hydrogens is 428 g/mol. The molecule has 3 heterocycles. The number of carbonyl (C=O) groups excluding carboxylic acids is 2. The number of anilines is 1. The summed E-state index contributed by atoms with van der Waals surface area (Å²) in [5, 5.41) is 0.350. The van der Waals surface area contributed by atoms with Gasteiger partial charge in [0.1, 0.15) is 5.58 Å². The van der Waals surface area contributed by atoms with Crippen LogP contribution in [0.5, 0.6) is 0 Å². The lowest BCUT2D eigenvalue weighted by Gasteiger charge is -2.38. The van der Waals surface area contributed by atoms with Crippen LogP contribution in [0.3, 0.4) is 0 Å². The number of fused-ring (bicyclic) bond motifs is 5. The van der Waals surface area contributed by atoms with E-state index in [1.807, 2.05) is 68.4 Å². The van der Waals surface area contributed by atoms with Gasteiger partial charge in [0.25, 0.3) is 11.8 Å². The van der Waals surface area contributed by atoms with Gasteiger partial charge in [-0.2, -0.15) is 0 Å². The van der Waals surface area contributed by atoms with E-state index in [9.17, 15) is 14.4 Å². The lowest BCUT2D eigenvalue weighted by atomic mass is 9.83. The third-order valence-corrected chi connectivity index (χ3v) is 7.06. The number of amides is 2. The first-order valence-corrected chi connectivity index (χ1v) is 11.4. The van der Waals surface area contributed by atoms with Crippen LogP contribution in [0.1, 0.15) is 47.1 Å². The van der Waals surface area contributed by atoms with Crippen molar-refractivity contribution in [3.8, 4) is 0 Å². The third-order valence-electron chi connectivity index (χ3n) is 7.06. The summed E-state index contributed by atoms with van der Waals surface area (Å²) in [6.45, 7) is 4.18. The van der Waals surface area contributed by atoms with Gasteiger partial charge in [-0.1, -0.05) is 60.7 Å². The normalized spacial score (nSPS) is 19.7. The molecule has 0 aliphatic carbocycles. The highest BCUT2D eigenvalue weighted by molar-refractivity contribution is 6.17. The predicted molar refractivity (Wildman–Crippen MR) is 129 cm³/mol. The molecule has 0 saturated heterocycles. The van der Waals surface area contributed by atoms with Crippen molar-refractivity contribution in [2.24, 2.45) is 0 Å². The number of hydrogen-bond acceptors (Lipinski definition) is 4. The van der Waals surface area contributed by atoms with Gasteiger partial charge in [0.05, 0.1) is 22.7 Å². The van der Waals surface area contributed by atoms with Gasteiger partial charge in [-0.15, -0.1) is 0 Å². The topological polar surface area (TPSA) is 70.8 Å². The molecule has 4 aromatic rings.